The molecule has 1 saturated heterocycles. The topological polar surface area (TPSA) is 298 Å². The SMILES string of the molecule is CC(=O)NCCNCC1CC(c2nc(-c3ccc4ccc(-c5ccccc5)nc4c3)c3c(N)nccn23)C1.CN(C)CC1CC(c2nc(-c3ccc4ccc(-c5ccccc5)nc4c3)c3c(N)nccn23)C1.NC(=O)C1CCN(CC2CC(c3nc(-c4ccc5ccc(-c6ccccc6)nc5c4)c4c(N)nccn34)C2)CC1. The van der Waals surface area contributed by atoms with Crippen LogP contribution in [-0.2, 0) is 9.59 Å². The summed E-state index contributed by atoms with van der Waals surface area (Å²) in [5, 5.41) is 9.53. The van der Waals surface area contributed by atoms with Crippen molar-refractivity contribution in [3.8, 4) is 67.5 Å². The Balaban J connectivity index is 0.000000122. The van der Waals surface area contributed by atoms with Crippen LogP contribution in [0.5, 0.6) is 0 Å². The molecule has 15 aromatic rings. The lowest BCUT2D eigenvalue weighted by molar-refractivity contribution is -0.123. The molecule has 0 atom stereocenters. The van der Waals surface area contributed by atoms with Crippen LogP contribution in [0.3, 0.4) is 0 Å². The number of nitrogen functional groups attached to an aromatic ring is 3. The second-order valence-electron chi connectivity index (χ2n) is 31.0. The highest BCUT2D eigenvalue weighted by molar-refractivity contribution is 5.95. The molecule has 6 aromatic carbocycles. The molecule has 4 aliphatic rings. The highest BCUT2D eigenvalue weighted by Gasteiger charge is 2.38. The van der Waals surface area contributed by atoms with Gasteiger partial charge in [0.2, 0.25) is 11.8 Å². The van der Waals surface area contributed by atoms with Crippen molar-refractivity contribution in [2.45, 2.75) is 76.0 Å². The number of carbonyl (C=O) groups excluding carboxylic acids is 2. The number of pyridine rings is 3. The fraction of sp³-hybridized carbons (Fsp3) is 0.278. The summed E-state index contributed by atoms with van der Waals surface area (Å²) >= 11 is 0. The highest BCUT2D eigenvalue weighted by atomic mass is 16.1. The van der Waals surface area contributed by atoms with E-state index in [2.05, 4.69) is 190 Å². The van der Waals surface area contributed by atoms with Crippen molar-refractivity contribution in [3.05, 3.63) is 237 Å². The van der Waals surface area contributed by atoms with E-state index >= 15 is 0 Å². The number of primary amides is 1. The van der Waals surface area contributed by atoms with Gasteiger partial charge in [-0.05, 0) is 139 Å². The number of fused-ring (bicyclic) bond motifs is 6. The highest BCUT2D eigenvalue weighted by Crippen LogP contribution is 2.47. The third-order valence-electron chi connectivity index (χ3n) is 23.0. The first-order chi connectivity index (χ1) is 54.7. The van der Waals surface area contributed by atoms with Crippen molar-refractivity contribution in [1.82, 2.24) is 78.5 Å². The normalized spacial score (nSPS) is 18.4. The van der Waals surface area contributed by atoms with Gasteiger partial charge >= 0.3 is 0 Å². The summed E-state index contributed by atoms with van der Waals surface area (Å²) in [6.07, 6.45) is 19.6. The maximum absolute atomic E-state index is 11.5. The second-order valence-corrected chi connectivity index (χ2v) is 31.0. The third kappa shape index (κ3) is 15.1. The molecule has 9 aromatic heterocycles. The molecule has 2 amide bonds. The van der Waals surface area contributed by atoms with Gasteiger partial charge in [-0.15, -0.1) is 0 Å². The molecule has 0 radical (unpaired) electrons. The van der Waals surface area contributed by atoms with Crippen molar-refractivity contribution in [1.29, 1.82) is 0 Å². The minimum Gasteiger partial charge on any atom is -0.382 e. The Kier molecular flexibility index (Phi) is 20.4. The van der Waals surface area contributed by atoms with E-state index in [4.69, 9.17) is 52.8 Å². The number of benzene rings is 6. The zero-order valence-corrected chi connectivity index (χ0v) is 63.3. The van der Waals surface area contributed by atoms with Crippen LogP contribution in [0, 0.1) is 23.7 Å². The predicted molar refractivity (Wildman–Crippen MR) is 446 cm³/mol. The van der Waals surface area contributed by atoms with E-state index in [0.29, 0.717) is 53.6 Å². The Morgan fingerprint density at radius 3 is 1.18 bits per heavy atom. The average molecular weight is 1490 g/mol. The number of nitrogens with one attached hydrogen (secondary N) is 2. The second kappa shape index (κ2) is 31.5. The molecule has 22 nitrogen and oxygen atoms in total. The molecule has 19 rings (SSSR count). The summed E-state index contributed by atoms with van der Waals surface area (Å²) in [4.78, 5) is 70.8. The number of anilines is 3. The van der Waals surface area contributed by atoms with Crippen molar-refractivity contribution in [2.75, 3.05) is 77.1 Å². The number of nitrogens with two attached hydrogens (primary N) is 4. The van der Waals surface area contributed by atoms with E-state index < -0.39 is 0 Å². The van der Waals surface area contributed by atoms with Crippen LogP contribution in [0.4, 0.5) is 17.5 Å². The number of hydrogen-bond donors (Lipinski definition) is 6. The van der Waals surface area contributed by atoms with Crippen LogP contribution in [-0.4, -0.2) is 140 Å². The molecule has 112 heavy (non-hydrogen) atoms. The summed E-state index contributed by atoms with van der Waals surface area (Å²) in [6, 6.07) is 62.2. The Morgan fingerprint density at radius 2 is 0.812 bits per heavy atom. The number of likely N-dealkylation sites (tertiary alicyclic amines) is 1. The lowest BCUT2D eigenvalue weighted by Gasteiger charge is -2.40. The minimum absolute atomic E-state index is 0.00471. The van der Waals surface area contributed by atoms with Gasteiger partial charge < -0.3 is 43.4 Å². The van der Waals surface area contributed by atoms with Crippen molar-refractivity contribution in [3.63, 3.8) is 0 Å². The van der Waals surface area contributed by atoms with Crippen molar-refractivity contribution < 1.29 is 9.59 Å². The number of carbonyl (C=O) groups is 2. The molecule has 10 N–H and O–H groups in total. The lowest BCUT2D eigenvalue weighted by Crippen LogP contribution is -2.42. The van der Waals surface area contributed by atoms with Crippen molar-refractivity contribution in [2.24, 2.45) is 29.4 Å². The van der Waals surface area contributed by atoms with Gasteiger partial charge in [-0.3, -0.25) is 22.8 Å². The maximum atomic E-state index is 11.5. The van der Waals surface area contributed by atoms with Gasteiger partial charge in [-0.25, -0.2) is 44.9 Å². The van der Waals surface area contributed by atoms with Gasteiger partial charge in [-0.1, -0.05) is 146 Å². The van der Waals surface area contributed by atoms with E-state index in [1.807, 2.05) is 73.2 Å². The zero-order valence-electron chi connectivity index (χ0n) is 63.3. The Bertz CT molecular complexity index is 5940. The van der Waals surface area contributed by atoms with Gasteiger partial charge in [-0.2, -0.15) is 0 Å². The number of rotatable bonds is 19. The first-order valence-electron chi connectivity index (χ1n) is 39.1. The lowest BCUT2D eigenvalue weighted by atomic mass is 9.74. The number of aromatic nitrogens is 12. The standard InChI is InChI=1S/C32H33N7O.C30H31N7O.C28H28N6/c33-30-29-28(24-7-6-22-8-9-26(36-27(22)18-24)21-4-2-1-3-5-21)37-32(39(29)15-12-35-30)25-16-20(17-25)19-38-13-10-23(11-14-38)31(34)40;1-19(38)33-12-11-32-18-20-15-24(16-20)30-36-27(28-29(31)34-13-14-37(28)30)23-8-7-22-9-10-25(35-26(22)17-23)21-5-3-2-4-6-21;1-33(2)17-18-14-22(15-18)28-32-25(26-27(29)30-12-13-34(26)28)21-9-8-20-10-11-23(31-24(20)16-21)19-6-4-3-5-7-19/h1-9,12,15,18,20,23,25H,10-11,13-14,16-17,19H2,(H2,33,35)(H2,34,40);2-10,13-14,17,20,24,32H,11-12,15-16,18H2,1H3,(H2,31,34)(H,33,38);3-13,16,18,22H,14-15,17H2,1-2H3,(H2,29,30). The minimum atomic E-state index is -0.155. The van der Waals surface area contributed by atoms with Crippen LogP contribution in [0.25, 0.3) is 117 Å². The summed E-state index contributed by atoms with van der Waals surface area (Å²) in [7, 11) is 4.28. The maximum Gasteiger partial charge on any atom is 0.220 e. The quantitative estimate of drug-likeness (QED) is 0.0410. The fourth-order valence-electron chi connectivity index (χ4n) is 17.1. The predicted octanol–water partition coefficient (Wildman–Crippen LogP) is 14.5. The van der Waals surface area contributed by atoms with Gasteiger partial charge in [0.25, 0.3) is 0 Å². The first-order valence-corrected chi connectivity index (χ1v) is 39.1. The molecule has 3 saturated carbocycles. The summed E-state index contributed by atoms with van der Waals surface area (Å²) < 4.78 is 6.39. The van der Waals surface area contributed by atoms with Gasteiger partial charge in [0.05, 0.1) is 33.6 Å². The summed E-state index contributed by atoms with van der Waals surface area (Å²) in [5.41, 5.74) is 41.8. The molecule has 0 bridgehead atoms. The largest absolute Gasteiger partial charge is 0.382 e. The van der Waals surface area contributed by atoms with E-state index in [0.717, 1.165) is 231 Å². The number of piperidine rings is 1. The van der Waals surface area contributed by atoms with Crippen LogP contribution in [0.15, 0.2) is 219 Å². The molecule has 4 fully saturated rings. The zero-order chi connectivity index (χ0) is 76.5. The van der Waals surface area contributed by atoms with E-state index in [1.54, 1.807) is 18.6 Å². The molecule has 564 valence electrons. The molecule has 3 aliphatic carbocycles. The van der Waals surface area contributed by atoms with E-state index in [9.17, 15) is 9.59 Å². The van der Waals surface area contributed by atoms with Gasteiger partial charge in [0, 0.05) is 143 Å². The molecule has 1 aliphatic heterocycles. The van der Waals surface area contributed by atoms with Gasteiger partial charge in [0.15, 0.2) is 0 Å². The van der Waals surface area contributed by atoms with E-state index in [-0.39, 0.29) is 17.7 Å². The Morgan fingerprint density at radius 1 is 0.446 bits per heavy atom. The number of hydrogen-bond acceptors (Lipinski definition) is 17. The smallest absolute Gasteiger partial charge is 0.220 e. The third-order valence-corrected chi connectivity index (χ3v) is 23.0. The summed E-state index contributed by atoms with van der Waals surface area (Å²) in [5.74, 6) is 7.64. The molecule has 0 unspecified atom stereocenters. The van der Waals surface area contributed by atoms with Crippen LogP contribution >= 0.6 is 0 Å². The van der Waals surface area contributed by atoms with Crippen LogP contribution in [0.2, 0.25) is 0 Å². The molecule has 22 heteroatoms. The van der Waals surface area contributed by atoms with E-state index in [1.165, 1.54) is 6.92 Å². The van der Waals surface area contributed by atoms with Crippen LogP contribution < -0.4 is 33.6 Å². The average Bonchev–Trinajstić information content (AvgIpc) is 1.61. The molecule has 0 spiro atoms. The monoisotopic (exact) mass is 1480 g/mol. The summed E-state index contributed by atoms with van der Waals surface area (Å²) in [6.45, 7) is 8.01. The molecular weight excluding hydrogens is 1390 g/mol. The first kappa shape index (κ1) is 72.5. The van der Waals surface area contributed by atoms with Crippen molar-refractivity contribution >= 4 is 78.5 Å². The number of amides is 2. The molecule has 10 heterocycles. The number of imidazole rings is 3. The van der Waals surface area contributed by atoms with Gasteiger partial charge in [0.1, 0.15) is 68.6 Å². The van der Waals surface area contributed by atoms with Crippen LogP contribution in [0.1, 0.15) is 93.5 Å². The Labute approximate surface area is 649 Å². The fourth-order valence-corrected chi connectivity index (χ4v) is 17.1. The Hall–Kier alpha value is -12.4. The number of nitrogens with zero attached hydrogens (tertiary/aromatic N) is 14. The molecular formula is C90H92N20O2.